The van der Waals surface area contributed by atoms with E-state index >= 15 is 0 Å². The number of fused-ring (bicyclic) bond motifs is 1. The first kappa shape index (κ1) is 12.6. The molecule has 0 aromatic carbocycles. The second-order valence-electron chi connectivity index (χ2n) is 5.11. The largest absolute Gasteiger partial charge is 0.396 e. The molecule has 17 heavy (non-hydrogen) atoms. The first-order chi connectivity index (χ1) is 8.23. The molecule has 0 fully saturated rings. The maximum Gasteiger partial charge on any atom is 0.122 e. The highest BCUT2D eigenvalue weighted by atomic mass is 16.3. The number of hydrogen-bond acceptors (Lipinski definition) is 3. The zero-order valence-corrected chi connectivity index (χ0v) is 10.9. The Kier molecular flexibility index (Phi) is 3.84. The highest BCUT2D eigenvalue weighted by molar-refractivity contribution is 4.96. The van der Waals surface area contributed by atoms with Crippen molar-refractivity contribution >= 4 is 0 Å². The molecule has 0 spiro atoms. The fourth-order valence-corrected chi connectivity index (χ4v) is 2.58. The van der Waals surface area contributed by atoms with E-state index in [4.69, 9.17) is 0 Å². The first-order valence-corrected chi connectivity index (χ1v) is 6.56. The van der Waals surface area contributed by atoms with Gasteiger partial charge in [-0.3, -0.25) is 4.90 Å². The fourth-order valence-electron chi connectivity index (χ4n) is 2.58. The van der Waals surface area contributed by atoms with Gasteiger partial charge in [-0.25, -0.2) is 4.98 Å². The Labute approximate surface area is 103 Å². The van der Waals surface area contributed by atoms with Crippen molar-refractivity contribution in [3.05, 3.63) is 18.2 Å². The standard InChI is InChI=1S/C13H23N3O/c1-3-13(4-2,11-17)10-15-7-8-16-6-5-14-12(16)9-15/h5-6,17H,3-4,7-11H2,1-2H3. The smallest absolute Gasteiger partial charge is 0.122 e. The molecule has 2 rings (SSSR count). The zero-order valence-electron chi connectivity index (χ0n) is 10.9. The molecule has 0 saturated carbocycles. The average molecular weight is 237 g/mol. The third kappa shape index (κ3) is 2.53. The Morgan fingerprint density at radius 3 is 2.76 bits per heavy atom. The van der Waals surface area contributed by atoms with Crippen LogP contribution in [0.5, 0.6) is 0 Å². The van der Waals surface area contributed by atoms with E-state index in [0.29, 0.717) is 0 Å². The number of nitrogens with zero attached hydrogens (tertiary/aromatic N) is 3. The minimum absolute atomic E-state index is 0.0642. The highest BCUT2D eigenvalue weighted by Gasteiger charge is 2.29. The lowest BCUT2D eigenvalue weighted by Crippen LogP contribution is -2.43. The van der Waals surface area contributed by atoms with Crippen LogP contribution in [-0.4, -0.2) is 39.3 Å². The van der Waals surface area contributed by atoms with Gasteiger partial charge in [0, 0.05) is 44.0 Å². The van der Waals surface area contributed by atoms with E-state index in [0.717, 1.165) is 44.8 Å². The predicted octanol–water partition coefficient (Wildman–Crippen LogP) is 1.50. The molecule has 1 aliphatic heterocycles. The lowest BCUT2D eigenvalue weighted by Gasteiger charge is -2.37. The van der Waals surface area contributed by atoms with Gasteiger partial charge in [0.2, 0.25) is 0 Å². The summed E-state index contributed by atoms with van der Waals surface area (Å²) in [6, 6.07) is 0. The summed E-state index contributed by atoms with van der Waals surface area (Å²) in [6.45, 7) is 8.59. The monoisotopic (exact) mass is 237 g/mol. The number of imidazole rings is 1. The number of rotatable bonds is 5. The minimum Gasteiger partial charge on any atom is -0.396 e. The third-order valence-corrected chi connectivity index (χ3v) is 4.22. The molecule has 1 aromatic heterocycles. The van der Waals surface area contributed by atoms with Crippen molar-refractivity contribution in [3.8, 4) is 0 Å². The zero-order chi connectivity index (χ0) is 12.3. The van der Waals surface area contributed by atoms with Crippen molar-refractivity contribution in [3.63, 3.8) is 0 Å². The summed E-state index contributed by atoms with van der Waals surface area (Å²) < 4.78 is 2.22. The Morgan fingerprint density at radius 2 is 2.12 bits per heavy atom. The Morgan fingerprint density at radius 1 is 1.35 bits per heavy atom. The molecule has 1 aromatic rings. The van der Waals surface area contributed by atoms with Crippen LogP contribution in [0, 0.1) is 5.41 Å². The number of aromatic nitrogens is 2. The molecule has 1 aliphatic rings. The summed E-state index contributed by atoms with van der Waals surface area (Å²) in [6.07, 6.45) is 5.99. The van der Waals surface area contributed by atoms with Crippen LogP contribution in [-0.2, 0) is 13.1 Å². The Hall–Kier alpha value is -0.870. The summed E-state index contributed by atoms with van der Waals surface area (Å²) in [7, 11) is 0. The lowest BCUT2D eigenvalue weighted by atomic mass is 9.82. The van der Waals surface area contributed by atoms with Crippen molar-refractivity contribution in [1.29, 1.82) is 0 Å². The van der Waals surface area contributed by atoms with Crippen LogP contribution in [0.2, 0.25) is 0 Å². The van der Waals surface area contributed by atoms with Gasteiger partial charge in [-0.2, -0.15) is 0 Å². The van der Waals surface area contributed by atoms with Gasteiger partial charge in [-0.05, 0) is 12.8 Å². The molecule has 96 valence electrons. The number of aliphatic hydroxyl groups is 1. The summed E-state index contributed by atoms with van der Waals surface area (Å²) >= 11 is 0. The quantitative estimate of drug-likeness (QED) is 0.843. The second-order valence-corrected chi connectivity index (χ2v) is 5.11. The molecule has 0 amide bonds. The van der Waals surface area contributed by atoms with Crippen molar-refractivity contribution in [1.82, 2.24) is 14.5 Å². The molecule has 0 bridgehead atoms. The molecule has 4 nitrogen and oxygen atoms in total. The van der Waals surface area contributed by atoms with Gasteiger partial charge in [0.25, 0.3) is 0 Å². The predicted molar refractivity (Wildman–Crippen MR) is 67.6 cm³/mol. The minimum atomic E-state index is 0.0642. The van der Waals surface area contributed by atoms with E-state index < -0.39 is 0 Å². The molecule has 0 unspecified atom stereocenters. The third-order valence-electron chi connectivity index (χ3n) is 4.22. The van der Waals surface area contributed by atoms with Crippen molar-refractivity contribution < 1.29 is 5.11 Å². The van der Waals surface area contributed by atoms with E-state index in [2.05, 4.69) is 28.3 Å². The van der Waals surface area contributed by atoms with Gasteiger partial charge in [-0.15, -0.1) is 0 Å². The fraction of sp³-hybridized carbons (Fsp3) is 0.769. The van der Waals surface area contributed by atoms with Gasteiger partial charge in [0.05, 0.1) is 6.54 Å². The maximum absolute atomic E-state index is 9.61. The topological polar surface area (TPSA) is 41.3 Å². The van der Waals surface area contributed by atoms with E-state index in [9.17, 15) is 5.11 Å². The Balaban J connectivity index is 2.01. The molecular formula is C13H23N3O. The molecule has 2 heterocycles. The summed E-state index contributed by atoms with van der Waals surface area (Å²) in [5.74, 6) is 1.15. The molecule has 0 atom stereocenters. The van der Waals surface area contributed by atoms with Crippen LogP contribution < -0.4 is 0 Å². The van der Waals surface area contributed by atoms with Gasteiger partial charge < -0.3 is 9.67 Å². The lowest BCUT2D eigenvalue weighted by molar-refractivity contribution is 0.0539. The molecule has 4 heteroatoms. The maximum atomic E-state index is 9.61. The number of hydrogen-bond donors (Lipinski definition) is 1. The van der Waals surface area contributed by atoms with E-state index in [1.54, 1.807) is 0 Å². The van der Waals surface area contributed by atoms with E-state index in [-0.39, 0.29) is 12.0 Å². The molecule has 0 radical (unpaired) electrons. The van der Waals surface area contributed by atoms with Crippen LogP contribution in [0.15, 0.2) is 12.4 Å². The van der Waals surface area contributed by atoms with Gasteiger partial charge in [0.1, 0.15) is 5.82 Å². The second kappa shape index (κ2) is 5.19. The van der Waals surface area contributed by atoms with E-state index in [1.165, 1.54) is 0 Å². The average Bonchev–Trinajstić information content (AvgIpc) is 2.83. The van der Waals surface area contributed by atoms with E-state index in [1.807, 2.05) is 12.4 Å². The van der Waals surface area contributed by atoms with Crippen LogP contribution in [0.1, 0.15) is 32.5 Å². The van der Waals surface area contributed by atoms with Crippen molar-refractivity contribution in [2.45, 2.75) is 39.8 Å². The van der Waals surface area contributed by atoms with Crippen molar-refractivity contribution in [2.24, 2.45) is 5.41 Å². The molecular weight excluding hydrogens is 214 g/mol. The van der Waals surface area contributed by atoms with Crippen LogP contribution in [0.25, 0.3) is 0 Å². The molecule has 0 saturated heterocycles. The first-order valence-electron chi connectivity index (χ1n) is 6.56. The summed E-state index contributed by atoms with van der Waals surface area (Å²) in [4.78, 5) is 6.80. The van der Waals surface area contributed by atoms with Gasteiger partial charge >= 0.3 is 0 Å². The molecule has 0 aliphatic carbocycles. The Bertz CT molecular complexity index is 349. The van der Waals surface area contributed by atoms with Crippen LogP contribution in [0.3, 0.4) is 0 Å². The summed E-state index contributed by atoms with van der Waals surface area (Å²) in [5, 5.41) is 9.61. The SMILES string of the molecule is CCC(CC)(CO)CN1CCn2ccnc2C1. The molecule has 1 N–H and O–H groups in total. The summed E-state index contributed by atoms with van der Waals surface area (Å²) in [5.41, 5.74) is 0.0642. The van der Waals surface area contributed by atoms with Crippen molar-refractivity contribution in [2.75, 3.05) is 19.7 Å². The van der Waals surface area contributed by atoms with Crippen LogP contribution in [0.4, 0.5) is 0 Å². The van der Waals surface area contributed by atoms with Gasteiger partial charge in [0.15, 0.2) is 0 Å². The van der Waals surface area contributed by atoms with Gasteiger partial charge in [-0.1, -0.05) is 13.8 Å². The normalized spacial score (nSPS) is 17.1. The highest BCUT2D eigenvalue weighted by Crippen LogP contribution is 2.28. The van der Waals surface area contributed by atoms with Crippen LogP contribution >= 0.6 is 0 Å². The number of aliphatic hydroxyl groups excluding tert-OH is 1.